The number of amides is 1. The summed E-state index contributed by atoms with van der Waals surface area (Å²) >= 11 is 0. The Labute approximate surface area is 121 Å². The molecule has 21 heavy (non-hydrogen) atoms. The number of carbonyl (C=O) groups is 1. The van der Waals surface area contributed by atoms with Gasteiger partial charge in [0.1, 0.15) is 0 Å². The van der Waals surface area contributed by atoms with Gasteiger partial charge in [0.2, 0.25) is 5.91 Å². The number of ether oxygens (including phenoxy) is 2. The van der Waals surface area contributed by atoms with Crippen LogP contribution in [-0.2, 0) is 9.53 Å². The number of nitrogens with two attached hydrogens (primary N) is 1. The van der Waals surface area contributed by atoms with Crippen molar-refractivity contribution in [1.29, 1.82) is 0 Å². The van der Waals surface area contributed by atoms with Gasteiger partial charge in [-0.25, -0.2) is 8.78 Å². The van der Waals surface area contributed by atoms with E-state index in [4.69, 9.17) is 10.5 Å². The van der Waals surface area contributed by atoms with Gasteiger partial charge in [-0.3, -0.25) is 4.79 Å². The zero-order valence-corrected chi connectivity index (χ0v) is 11.7. The summed E-state index contributed by atoms with van der Waals surface area (Å²) in [6, 6.07) is 1.26. The summed E-state index contributed by atoms with van der Waals surface area (Å²) in [7, 11) is 1.17. The van der Waals surface area contributed by atoms with E-state index in [1.54, 1.807) is 0 Å². The second kappa shape index (κ2) is 6.82. The molecule has 0 radical (unpaired) electrons. The van der Waals surface area contributed by atoms with Crippen molar-refractivity contribution in [1.82, 2.24) is 0 Å². The number of rotatable bonds is 4. The molecule has 1 atom stereocenters. The molecule has 1 saturated heterocycles. The van der Waals surface area contributed by atoms with E-state index in [1.165, 1.54) is 7.11 Å². The fraction of sp³-hybridized carbons (Fsp3) is 0.500. The summed E-state index contributed by atoms with van der Waals surface area (Å²) in [5.41, 5.74) is 5.90. The van der Waals surface area contributed by atoms with E-state index in [2.05, 4.69) is 10.1 Å². The van der Waals surface area contributed by atoms with Crippen molar-refractivity contribution in [2.45, 2.75) is 18.9 Å². The van der Waals surface area contributed by atoms with Crippen LogP contribution in [0.25, 0.3) is 0 Å². The summed E-state index contributed by atoms with van der Waals surface area (Å²) in [5, 5.41) is 2.43. The van der Waals surface area contributed by atoms with Gasteiger partial charge in [0.05, 0.1) is 13.2 Å². The van der Waals surface area contributed by atoms with Crippen LogP contribution in [0.1, 0.15) is 12.8 Å². The van der Waals surface area contributed by atoms with Crippen molar-refractivity contribution in [3.63, 3.8) is 0 Å². The lowest BCUT2D eigenvalue weighted by atomic mass is 9.92. The number of hydrogen-bond donors (Lipinski definition) is 2. The number of nitrogens with one attached hydrogen (secondary N) is 1. The Kier molecular flexibility index (Phi) is 5.08. The molecule has 0 saturated carbocycles. The van der Waals surface area contributed by atoms with Crippen LogP contribution in [0, 0.1) is 17.6 Å². The maximum atomic E-state index is 13.6. The van der Waals surface area contributed by atoms with Crippen molar-refractivity contribution in [3.8, 4) is 5.75 Å². The monoisotopic (exact) mass is 300 g/mol. The molecule has 1 aromatic rings. The van der Waals surface area contributed by atoms with Gasteiger partial charge in [-0.2, -0.15) is 0 Å². The second-order valence-corrected chi connectivity index (χ2v) is 4.94. The third-order valence-electron chi connectivity index (χ3n) is 3.55. The highest BCUT2D eigenvalue weighted by Crippen LogP contribution is 2.26. The summed E-state index contributed by atoms with van der Waals surface area (Å²) in [6.45, 7) is 1.13. The molecule has 1 heterocycles. The Hall–Kier alpha value is -1.73. The lowest BCUT2D eigenvalue weighted by Gasteiger charge is -2.26. The zero-order valence-electron chi connectivity index (χ0n) is 11.7. The quantitative estimate of drug-likeness (QED) is 0.887. The Morgan fingerprint density at radius 1 is 1.38 bits per heavy atom. The van der Waals surface area contributed by atoms with Crippen LogP contribution in [-0.4, -0.2) is 32.3 Å². The molecule has 116 valence electrons. The third kappa shape index (κ3) is 3.68. The molecule has 5 nitrogen and oxygen atoms in total. The predicted molar refractivity (Wildman–Crippen MR) is 73.1 cm³/mol. The minimum atomic E-state index is -0.882. The average molecular weight is 300 g/mol. The lowest BCUT2D eigenvalue weighted by molar-refractivity contribution is -0.119. The Bertz CT molecular complexity index is 496. The molecule has 7 heteroatoms. The Balaban J connectivity index is 2.05. The topological polar surface area (TPSA) is 73.6 Å². The van der Waals surface area contributed by atoms with Crippen LogP contribution in [0.3, 0.4) is 0 Å². The number of halogens is 2. The van der Waals surface area contributed by atoms with Crippen LogP contribution in [0.2, 0.25) is 0 Å². The van der Waals surface area contributed by atoms with E-state index in [0.29, 0.717) is 26.1 Å². The molecule has 1 aromatic carbocycles. The second-order valence-electron chi connectivity index (χ2n) is 4.94. The van der Waals surface area contributed by atoms with Gasteiger partial charge in [0.15, 0.2) is 17.4 Å². The largest absolute Gasteiger partial charge is 0.491 e. The minimum Gasteiger partial charge on any atom is -0.491 e. The van der Waals surface area contributed by atoms with Crippen LogP contribution >= 0.6 is 0 Å². The van der Waals surface area contributed by atoms with Crippen LogP contribution in [0.4, 0.5) is 14.5 Å². The van der Waals surface area contributed by atoms with Crippen molar-refractivity contribution in [3.05, 3.63) is 23.8 Å². The first-order valence-electron chi connectivity index (χ1n) is 6.70. The number of methoxy groups -OCH3 is 1. The summed E-state index contributed by atoms with van der Waals surface area (Å²) in [4.78, 5) is 12.0. The van der Waals surface area contributed by atoms with E-state index in [1.807, 2.05) is 0 Å². The molecule has 0 bridgehead atoms. The van der Waals surface area contributed by atoms with E-state index >= 15 is 0 Å². The average Bonchev–Trinajstić information content (AvgIpc) is 2.47. The molecule has 2 rings (SSSR count). The first kappa shape index (κ1) is 15.7. The van der Waals surface area contributed by atoms with Gasteiger partial charge in [-0.05, 0) is 18.8 Å². The van der Waals surface area contributed by atoms with Crippen molar-refractivity contribution in [2.24, 2.45) is 11.7 Å². The van der Waals surface area contributed by atoms with Crippen molar-refractivity contribution >= 4 is 11.6 Å². The normalized spacial score (nSPS) is 17.3. The number of hydrogen-bond acceptors (Lipinski definition) is 4. The summed E-state index contributed by atoms with van der Waals surface area (Å²) < 4.78 is 36.9. The fourth-order valence-electron chi connectivity index (χ4n) is 2.34. The molecule has 0 aliphatic carbocycles. The number of carbonyl (C=O) groups excluding carboxylic acids is 1. The Morgan fingerprint density at radius 3 is 2.48 bits per heavy atom. The highest BCUT2D eigenvalue weighted by molar-refractivity contribution is 5.95. The SMILES string of the molecule is COc1c(F)cc(NC(=O)C(N)C2CCOCC2)cc1F. The van der Waals surface area contributed by atoms with E-state index < -0.39 is 29.3 Å². The fourth-order valence-corrected chi connectivity index (χ4v) is 2.34. The molecular weight excluding hydrogens is 282 g/mol. The highest BCUT2D eigenvalue weighted by atomic mass is 19.1. The van der Waals surface area contributed by atoms with Crippen molar-refractivity contribution in [2.75, 3.05) is 25.6 Å². The van der Waals surface area contributed by atoms with Gasteiger partial charge >= 0.3 is 0 Å². The molecule has 0 aromatic heterocycles. The standard InChI is InChI=1S/C14H18F2N2O3/c1-20-13-10(15)6-9(7-11(13)16)18-14(19)12(17)8-2-4-21-5-3-8/h6-8,12H,2-5,17H2,1H3,(H,18,19). The minimum absolute atomic E-state index is 0.00620. The maximum absolute atomic E-state index is 13.6. The molecule has 1 fully saturated rings. The molecular formula is C14H18F2N2O3. The third-order valence-corrected chi connectivity index (χ3v) is 3.55. The predicted octanol–water partition coefficient (Wildman–Crippen LogP) is 1.67. The molecule has 3 N–H and O–H groups in total. The summed E-state index contributed by atoms with van der Waals surface area (Å²) in [6.07, 6.45) is 1.39. The smallest absolute Gasteiger partial charge is 0.241 e. The van der Waals surface area contributed by atoms with E-state index in [0.717, 1.165) is 12.1 Å². The highest BCUT2D eigenvalue weighted by Gasteiger charge is 2.27. The zero-order chi connectivity index (χ0) is 15.4. The molecule has 0 spiro atoms. The molecule has 1 aliphatic rings. The first-order chi connectivity index (χ1) is 10.0. The first-order valence-corrected chi connectivity index (χ1v) is 6.70. The van der Waals surface area contributed by atoms with Crippen LogP contribution in [0.15, 0.2) is 12.1 Å². The molecule has 1 amide bonds. The van der Waals surface area contributed by atoms with Crippen LogP contribution < -0.4 is 15.8 Å². The van der Waals surface area contributed by atoms with E-state index in [-0.39, 0.29) is 11.6 Å². The number of anilines is 1. The molecule has 1 aliphatic heterocycles. The number of benzene rings is 1. The summed E-state index contributed by atoms with van der Waals surface area (Å²) in [5.74, 6) is -2.71. The van der Waals surface area contributed by atoms with E-state index in [9.17, 15) is 13.6 Å². The van der Waals surface area contributed by atoms with Gasteiger partial charge < -0.3 is 20.5 Å². The lowest BCUT2D eigenvalue weighted by Crippen LogP contribution is -2.44. The van der Waals surface area contributed by atoms with Crippen molar-refractivity contribution < 1.29 is 23.0 Å². The molecule has 1 unspecified atom stereocenters. The van der Waals surface area contributed by atoms with Gasteiger partial charge in [-0.15, -0.1) is 0 Å². The van der Waals surface area contributed by atoms with Gasteiger partial charge in [0, 0.05) is 31.0 Å². The Morgan fingerprint density at radius 2 is 1.95 bits per heavy atom. The maximum Gasteiger partial charge on any atom is 0.241 e. The van der Waals surface area contributed by atoms with Gasteiger partial charge in [-0.1, -0.05) is 0 Å². The van der Waals surface area contributed by atoms with Gasteiger partial charge in [0.25, 0.3) is 0 Å². The van der Waals surface area contributed by atoms with Crippen LogP contribution in [0.5, 0.6) is 5.75 Å².